The molecule has 0 aliphatic carbocycles. The molecule has 0 amide bonds. The molecule has 26 heavy (non-hydrogen) atoms. The van der Waals surface area contributed by atoms with Gasteiger partial charge in [-0.2, -0.15) is 0 Å². The minimum Gasteiger partial charge on any atom is -0.460 e. The molecule has 1 unspecified atom stereocenters. The van der Waals surface area contributed by atoms with Crippen molar-refractivity contribution in [2.75, 3.05) is 19.8 Å². The summed E-state index contributed by atoms with van der Waals surface area (Å²) in [6.45, 7) is 16.0. The van der Waals surface area contributed by atoms with Crippen LogP contribution in [-0.4, -0.2) is 49.1 Å². The van der Waals surface area contributed by atoms with E-state index in [-0.39, 0.29) is 30.9 Å². The third-order valence-corrected chi connectivity index (χ3v) is 3.80. The third kappa shape index (κ3) is 13.1. The van der Waals surface area contributed by atoms with E-state index < -0.39 is 11.6 Å². The molecular weight excluding hydrogens is 336 g/mol. The number of esters is 2. The fraction of sp³-hybridized carbons (Fsp3) is 0.900. The molecule has 0 bridgehead atoms. The van der Waals surface area contributed by atoms with Crippen LogP contribution in [0.4, 0.5) is 0 Å². The van der Waals surface area contributed by atoms with Gasteiger partial charge in [0.05, 0.1) is 18.8 Å². The minimum atomic E-state index is -0.631. The Morgan fingerprint density at radius 2 is 1.65 bits per heavy atom. The molecule has 0 fully saturated rings. The summed E-state index contributed by atoms with van der Waals surface area (Å²) < 4.78 is 21.8. The molecule has 0 aromatic heterocycles. The van der Waals surface area contributed by atoms with Crippen LogP contribution in [0.5, 0.6) is 0 Å². The predicted octanol–water partition coefficient (Wildman–Crippen LogP) is 3.90. The van der Waals surface area contributed by atoms with Gasteiger partial charge >= 0.3 is 11.9 Å². The van der Waals surface area contributed by atoms with Crippen LogP contribution in [0, 0.1) is 5.92 Å². The summed E-state index contributed by atoms with van der Waals surface area (Å²) in [7, 11) is 0. The molecule has 6 nitrogen and oxygen atoms in total. The van der Waals surface area contributed by atoms with Gasteiger partial charge in [0.15, 0.2) is 0 Å². The van der Waals surface area contributed by atoms with Crippen molar-refractivity contribution >= 4 is 11.9 Å². The van der Waals surface area contributed by atoms with Crippen LogP contribution >= 0.6 is 0 Å². The van der Waals surface area contributed by atoms with Gasteiger partial charge in [-0.3, -0.25) is 4.79 Å². The first-order valence-corrected chi connectivity index (χ1v) is 9.47. The Kier molecular flexibility index (Phi) is 11.0. The van der Waals surface area contributed by atoms with Crippen LogP contribution in [-0.2, 0) is 28.5 Å². The van der Waals surface area contributed by atoms with E-state index in [4.69, 9.17) is 18.9 Å². The number of ether oxygens (including phenoxy) is 4. The zero-order valence-corrected chi connectivity index (χ0v) is 17.8. The highest BCUT2D eigenvalue weighted by atomic mass is 16.6. The Morgan fingerprint density at radius 3 is 2.15 bits per heavy atom. The molecular formula is C20H38O6. The zero-order valence-electron chi connectivity index (χ0n) is 17.8. The summed E-state index contributed by atoms with van der Waals surface area (Å²) >= 11 is 0. The predicted molar refractivity (Wildman–Crippen MR) is 101 cm³/mol. The molecule has 154 valence electrons. The van der Waals surface area contributed by atoms with E-state index >= 15 is 0 Å². The molecule has 0 aliphatic rings. The van der Waals surface area contributed by atoms with Crippen molar-refractivity contribution in [3.05, 3.63) is 0 Å². The first-order valence-electron chi connectivity index (χ1n) is 9.47. The first-order chi connectivity index (χ1) is 11.9. The van der Waals surface area contributed by atoms with E-state index in [9.17, 15) is 9.59 Å². The summed E-state index contributed by atoms with van der Waals surface area (Å²) in [4.78, 5) is 22.9. The van der Waals surface area contributed by atoms with Gasteiger partial charge in [-0.05, 0) is 46.5 Å². The van der Waals surface area contributed by atoms with Gasteiger partial charge in [0, 0.05) is 13.3 Å². The molecule has 0 aromatic rings. The summed E-state index contributed by atoms with van der Waals surface area (Å²) in [6, 6.07) is 0. The summed E-state index contributed by atoms with van der Waals surface area (Å²) in [5.74, 6) is -0.231. The molecule has 0 saturated heterocycles. The first kappa shape index (κ1) is 24.9. The van der Waals surface area contributed by atoms with Gasteiger partial charge in [0.1, 0.15) is 18.3 Å². The molecule has 0 aliphatic heterocycles. The van der Waals surface area contributed by atoms with Crippen molar-refractivity contribution in [1.82, 2.24) is 0 Å². The lowest BCUT2D eigenvalue weighted by Crippen LogP contribution is -2.34. The van der Waals surface area contributed by atoms with E-state index in [1.807, 2.05) is 20.8 Å². The Labute approximate surface area is 158 Å². The van der Waals surface area contributed by atoms with Gasteiger partial charge in [-0.1, -0.05) is 20.8 Å². The monoisotopic (exact) mass is 374 g/mol. The molecule has 1 atom stereocenters. The SMILES string of the molecule is CCC(COCC(=O)OC(C)(C)CCOC(C)(C)CC(C)C)OC(C)=O. The van der Waals surface area contributed by atoms with E-state index in [1.54, 1.807) is 0 Å². The highest BCUT2D eigenvalue weighted by molar-refractivity contribution is 5.71. The topological polar surface area (TPSA) is 71.1 Å². The van der Waals surface area contributed by atoms with Crippen molar-refractivity contribution in [3.8, 4) is 0 Å². The molecule has 0 rings (SSSR count). The van der Waals surface area contributed by atoms with Gasteiger partial charge in [0.2, 0.25) is 0 Å². The highest BCUT2D eigenvalue weighted by Gasteiger charge is 2.26. The second-order valence-electron chi connectivity index (χ2n) is 8.34. The summed E-state index contributed by atoms with van der Waals surface area (Å²) in [6.07, 6.45) is 1.86. The van der Waals surface area contributed by atoms with Crippen molar-refractivity contribution in [2.45, 2.75) is 92.0 Å². The molecule has 6 heteroatoms. The number of carbonyl (C=O) groups is 2. The molecule has 0 radical (unpaired) electrons. The Bertz CT molecular complexity index is 428. The molecule has 0 saturated carbocycles. The molecule has 0 aromatic carbocycles. The quantitative estimate of drug-likeness (QED) is 0.455. The zero-order chi connectivity index (χ0) is 20.4. The normalized spacial score (nSPS) is 13.6. The summed E-state index contributed by atoms with van der Waals surface area (Å²) in [5, 5.41) is 0. The minimum absolute atomic E-state index is 0.166. The Morgan fingerprint density at radius 1 is 1.04 bits per heavy atom. The standard InChI is InChI=1S/C20H38O6/c1-9-17(25-16(4)21)13-23-14-18(22)26-19(5,6)10-11-24-20(7,8)12-15(2)3/h15,17H,9-14H2,1-8H3. The number of hydrogen-bond acceptors (Lipinski definition) is 6. The lowest BCUT2D eigenvalue weighted by molar-refractivity contribution is -0.166. The maximum Gasteiger partial charge on any atom is 0.332 e. The van der Waals surface area contributed by atoms with E-state index in [1.165, 1.54) is 6.92 Å². The molecule has 0 N–H and O–H groups in total. The van der Waals surface area contributed by atoms with E-state index in [0.29, 0.717) is 25.4 Å². The van der Waals surface area contributed by atoms with Crippen molar-refractivity contribution in [2.24, 2.45) is 5.92 Å². The van der Waals surface area contributed by atoms with Gasteiger partial charge in [-0.15, -0.1) is 0 Å². The largest absolute Gasteiger partial charge is 0.460 e. The number of rotatable bonds is 13. The second kappa shape index (κ2) is 11.5. The maximum atomic E-state index is 12.0. The fourth-order valence-corrected chi connectivity index (χ4v) is 2.75. The number of carbonyl (C=O) groups excluding carboxylic acids is 2. The fourth-order valence-electron chi connectivity index (χ4n) is 2.75. The smallest absolute Gasteiger partial charge is 0.332 e. The number of hydrogen-bond donors (Lipinski definition) is 0. The van der Waals surface area contributed by atoms with Gasteiger partial charge in [-0.25, -0.2) is 4.79 Å². The van der Waals surface area contributed by atoms with Crippen LogP contribution in [0.2, 0.25) is 0 Å². The average molecular weight is 375 g/mol. The van der Waals surface area contributed by atoms with E-state index in [0.717, 1.165) is 6.42 Å². The average Bonchev–Trinajstić information content (AvgIpc) is 2.42. The van der Waals surface area contributed by atoms with Crippen LogP contribution in [0.1, 0.15) is 74.7 Å². The van der Waals surface area contributed by atoms with Crippen LogP contribution in [0.3, 0.4) is 0 Å². The lowest BCUT2D eigenvalue weighted by atomic mass is 9.96. The second-order valence-corrected chi connectivity index (χ2v) is 8.34. The summed E-state index contributed by atoms with van der Waals surface area (Å²) in [5.41, 5.74) is -0.822. The Hall–Kier alpha value is -1.14. The highest BCUT2D eigenvalue weighted by Crippen LogP contribution is 2.22. The van der Waals surface area contributed by atoms with Crippen LogP contribution < -0.4 is 0 Å². The van der Waals surface area contributed by atoms with Gasteiger partial charge < -0.3 is 18.9 Å². The lowest BCUT2D eigenvalue weighted by Gasteiger charge is -2.30. The van der Waals surface area contributed by atoms with Crippen LogP contribution in [0.25, 0.3) is 0 Å². The van der Waals surface area contributed by atoms with Crippen molar-refractivity contribution < 1.29 is 28.5 Å². The third-order valence-electron chi connectivity index (χ3n) is 3.80. The van der Waals surface area contributed by atoms with Crippen molar-refractivity contribution in [3.63, 3.8) is 0 Å². The van der Waals surface area contributed by atoms with Crippen molar-refractivity contribution in [1.29, 1.82) is 0 Å². The molecule has 0 heterocycles. The van der Waals surface area contributed by atoms with Crippen LogP contribution in [0.15, 0.2) is 0 Å². The van der Waals surface area contributed by atoms with Gasteiger partial charge in [0.25, 0.3) is 0 Å². The van der Waals surface area contributed by atoms with E-state index in [2.05, 4.69) is 27.7 Å². The maximum absolute atomic E-state index is 12.0. The molecule has 0 spiro atoms. The Balaban J connectivity index is 4.16.